The van der Waals surface area contributed by atoms with Crippen LogP contribution in [-0.2, 0) is 0 Å². The maximum absolute atomic E-state index is 12.4. The minimum atomic E-state index is -0.0375. The van der Waals surface area contributed by atoms with Gasteiger partial charge in [-0.1, -0.05) is 13.8 Å². The van der Waals surface area contributed by atoms with Gasteiger partial charge in [0.25, 0.3) is 5.91 Å². The van der Waals surface area contributed by atoms with Gasteiger partial charge in [-0.2, -0.15) is 0 Å². The predicted molar refractivity (Wildman–Crippen MR) is 92.4 cm³/mol. The molecule has 6 nitrogen and oxygen atoms in total. The van der Waals surface area contributed by atoms with Crippen LogP contribution in [0, 0.1) is 13.8 Å². The molecule has 0 saturated carbocycles. The molecule has 128 valence electrons. The lowest BCUT2D eigenvalue weighted by Crippen LogP contribution is -2.49. The molecule has 3 heterocycles. The third kappa shape index (κ3) is 3.42. The van der Waals surface area contributed by atoms with Crippen molar-refractivity contribution in [1.82, 2.24) is 14.9 Å². The Hall–Kier alpha value is -2.37. The van der Waals surface area contributed by atoms with E-state index in [0.717, 1.165) is 36.2 Å². The molecule has 2 aromatic rings. The summed E-state index contributed by atoms with van der Waals surface area (Å²) >= 11 is 0. The topological polar surface area (TPSA) is 62.5 Å². The van der Waals surface area contributed by atoms with Crippen LogP contribution in [0.25, 0.3) is 0 Å². The monoisotopic (exact) mass is 328 g/mol. The molecule has 1 aliphatic rings. The number of hydrogen-bond donors (Lipinski definition) is 0. The first-order valence-corrected chi connectivity index (χ1v) is 8.40. The molecule has 3 rings (SSSR count). The number of piperazine rings is 1. The van der Waals surface area contributed by atoms with Gasteiger partial charge in [0.2, 0.25) is 0 Å². The summed E-state index contributed by atoms with van der Waals surface area (Å²) in [6.07, 6.45) is 0. The van der Waals surface area contributed by atoms with E-state index in [4.69, 9.17) is 4.42 Å². The third-order valence-electron chi connectivity index (χ3n) is 4.22. The van der Waals surface area contributed by atoms with Crippen molar-refractivity contribution >= 4 is 11.7 Å². The minimum Gasteiger partial charge on any atom is -0.456 e. The van der Waals surface area contributed by atoms with Gasteiger partial charge in [0.05, 0.1) is 0 Å². The first-order chi connectivity index (χ1) is 11.4. The second-order valence-corrected chi connectivity index (χ2v) is 6.57. The number of amides is 1. The fourth-order valence-corrected chi connectivity index (χ4v) is 2.84. The van der Waals surface area contributed by atoms with Crippen molar-refractivity contribution in [2.45, 2.75) is 33.6 Å². The lowest BCUT2D eigenvalue weighted by molar-refractivity contribution is 0.0713. The van der Waals surface area contributed by atoms with Crippen LogP contribution >= 0.6 is 0 Å². The molecular formula is C18H24N4O2. The fourth-order valence-electron chi connectivity index (χ4n) is 2.84. The van der Waals surface area contributed by atoms with Crippen LogP contribution < -0.4 is 4.90 Å². The summed E-state index contributed by atoms with van der Waals surface area (Å²) in [5.74, 6) is 3.26. The summed E-state index contributed by atoms with van der Waals surface area (Å²) in [5, 5.41) is 0. The molecule has 2 aromatic heterocycles. The number of aromatic nitrogens is 2. The van der Waals surface area contributed by atoms with Crippen molar-refractivity contribution in [1.29, 1.82) is 0 Å². The average Bonchev–Trinajstić information content (AvgIpc) is 3.00. The quantitative estimate of drug-likeness (QED) is 0.867. The molecule has 1 amide bonds. The highest BCUT2D eigenvalue weighted by molar-refractivity contribution is 5.91. The van der Waals surface area contributed by atoms with Crippen LogP contribution in [0.3, 0.4) is 0 Å². The lowest BCUT2D eigenvalue weighted by atomic mass is 10.2. The van der Waals surface area contributed by atoms with Crippen molar-refractivity contribution in [2.75, 3.05) is 31.1 Å². The SMILES string of the molecule is Cc1cc(N2CCN(C(=O)c3ccc(C)o3)CC2)nc(C(C)C)n1. The Morgan fingerprint density at radius 3 is 2.42 bits per heavy atom. The van der Waals surface area contributed by atoms with Crippen molar-refractivity contribution in [3.05, 3.63) is 41.2 Å². The molecule has 0 atom stereocenters. The van der Waals surface area contributed by atoms with Crippen molar-refractivity contribution < 1.29 is 9.21 Å². The third-order valence-corrected chi connectivity index (χ3v) is 4.22. The van der Waals surface area contributed by atoms with E-state index in [-0.39, 0.29) is 5.91 Å². The van der Waals surface area contributed by atoms with E-state index in [1.165, 1.54) is 0 Å². The van der Waals surface area contributed by atoms with E-state index in [2.05, 4.69) is 28.7 Å². The first-order valence-electron chi connectivity index (χ1n) is 8.40. The summed E-state index contributed by atoms with van der Waals surface area (Å²) in [4.78, 5) is 25.7. The minimum absolute atomic E-state index is 0.0375. The van der Waals surface area contributed by atoms with E-state index in [1.807, 2.05) is 30.9 Å². The van der Waals surface area contributed by atoms with Gasteiger partial charge >= 0.3 is 0 Å². The zero-order valence-electron chi connectivity index (χ0n) is 14.7. The van der Waals surface area contributed by atoms with Gasteiger partial charge in [-0.3, -0.25) is 4.79 Å². The Balaban J connectivity index is 1.68. The van der Waals surface area contributed by atoms with Gasteiger partial charge in [0.15, 0.2) is 5.76 Å². The number of aryl methyl sites for hydroxylation is 2. The summed E-state index contributed by atoms with van der Waals surface area (Å²) in [5.41, 5.74) is 0.980. The van der Waals surface area contributed by atoms with E-state index in [9.17, 15) is 4.79 Å². The number of carbonyl (C=O) groups is 1. The fraction of sp³-hybridized carbons (Fsp3) is 0.500. The molecule has 0 aliphatic carbocycles. The molecule has 0 aromatic carbocycles. The first kappa shape index (κ1) is 16.5. The highest BCUT2D eigenvalue weighted by Gasteiger charge is 2.25. The van der Waals surface area contributed by atoms with Crippen molar-refractivity contribution in [3.63, 3.8) is 0 Å². The van der Waals surface area contributed by atoms with Crippen molar-refractivity contribution in [2.24, 2.45) is 0 Å². The molecule has 0 radical (unpaired) electrons. The molecule has 6 heteroatoms. The Morgan fingerprint density at radius 1 is 1.12 bits per heavy atom. The van der Waals surface area contributed by atoms with Crippen LogP contribution in [0.4, 0.5) is 5.82 Å². The molecule has 0 unspecified atom stereocenters. The summed E-state index contributed by atoms with van der Waals surface area (Å²) in [6, 6.07) is 5.58. The molecule has 0 bridgehead atoms. The van der Waals surface area contributed by atoms with Gasteiger partial charge < -0.3 is 14.2 Å². The number of hydrogen-bond acceptors (Lipinski definition) is 5. The number of carbonyl (C=O) groups excluding carboxylic acids is 1. The Labute approximate surface area is 142 Å². The largest absolute Gasteiger partial charge is 0.456 e. The van der Waals surface area contributed by atoms with Crippen LogP contribution in [-0.4, -0.2) is 47.0 Å². The Kier molecular flexibility index (Phi) is 4.55. The van der Waals surface area contributed by atoms with E-state index in [1.54, 1.807) is 6.07 Å². The highest BCUT2D eigenvalue weighted by atomic mass is 16.3. The second kappa shape index (κ2) is 6.63. The molecule has 1 fully saturated rings. The number of furan rings is 1. The normalized spacial score (nSPS) is 15.2. The van der Waals surface area contributed by atoms with Gasteiger partial charge in [-0.05, 0) is 26.0 Å². The maximum atomic E-state index is 12.4. The molecular weight excluding hydrogens is 304 g/mol. The molecule has 0 N–H and O–H groups in total. The zero-order chi connectivity index (χ0) is 17.3. The van der Waals surface area contributed by atoms with Gasteiger partial charge in [-0.15, -0.1) is 0 Å². The van der Waals surface area contributed by atoms with Crippen LogP contribution in [0.2, 0.25) is 0 Å². The predicted octanol–water partition coefficient (Wildman–Crippen LogP) is 2.77. The van der Waals surface area contributed by atoms with E-state index >= 15 is 0 Å². The highest BCUT2D eigenvalue weighted by Crippen LogP contribution is 2.19. The van der Waals surface area contributed by atoms with Crippen LogP contribution in [0.1, 0.15) is 47.6 Å². The standard InChI is InChI=1S/C18H24N4O2/c1-12(2)17-19-13(3)11-16(20-17)21-7-9-22(10-8-21)18(23)15-6-5-14(4)24-15/h5-6,11-12H,7-10H2,1-4H3. The molecule has 1 aliphatic heterocycles. The number of rotatable bonds is 3. The Bertz CT molecular complexity index is 730. The maximum Gasteiger partial charge on any atom is 0.289 e. The van der Waals surface area contributed by atoms with Gasteiger partial charge in [0, 0.05) is 43.9 Å². The van der Waals surface area contributed by atoms with Crippen LogP contribution in [0.15, 0.2) is 22.6 Å². The van der Waals surface area contributed by atoms with E-state index in [0.29, 0.717) is 24.8 Å². The van der Waals surface area contributed by atoms with Gasteiger partial charge in [-0.25, -0.2) is 9.97 Å². The number of nitrogens with zero attached hydrogens (tertiary/aromatic N) is 4. The van der Waals surface area contributed by atoms with Gasteiger partial charge in [0.1, 0.15) is 17.4 Å². The number of anilines is 1. The average molecular weight is 328 g/mol. The van der Waals surface area contributed by atoms with Crippen LogP contribution in [0.5, 0.6) is 0 Å². The summed E-state index contributed by atoms with van der Waals surface area (Å²) in [6.45, 7) is 10.9. The second-order valence-electron chi connectivity index (χ2n) is 6.57. The summed E-state index contributed by atoms with van der Waals surface area (Å²) in [7, 11) is 0. The molecule has 1 saturated heterocycles. The summed E-state index contributed by atoms with van der Waals surface area (Å²) < 4.78 is 5.44. The van der Waals surface area contributed by atoms with Crippen molar-refractivity contribution in [3.8, 4) is 0 Å². The smallest absolute Gasteiger partial charge is 0.289 e. The van der Waals surface area contributed by atoms with E-state index < -0.39 is 0 Å². The molecule has 24 heavy (non-hydrogen) atoms. The lowest BCUT2D eigenvalue weighted by Gasteiger charge is -2.35. The zero-order valence-corrected chi connectivity index (χ0v) is 14.7. The molecule has 0 spiro atoms. The Morgan fingerprint density at radius 2 is 1.83 bits per heavy atom.